The predicted octanol–water partition coefficient (Wildman–Crippen LogP) is 1.65. The Morgan fingerprint density at radius 1 is 1.50 bits per heavy atom. The van der Waals surface area contributed by atoms with Crippen molar-refractivity contribution in [1.82, 2.24) is 5.32 Å². The Hall–Kier alpha value is -1.05. The zero-order valence-corrected chi connectivity index (χ0v) is 10.9. The third-order valence-electron chi connectivity index (χ3n) is 2.48. The van der Waals surface area contributed by atoms with E-state index in [1.807, 2.05) is 0 Å². The molecule has 0 aliphatic carbocycles. The summed E-state index contributed by atoms with van der Waals surface area (Å²) < 4.78 is 31.8. The molecule has 2 rings (SSSR count). The molecule has 0 aromatic heterocycles. The van der Waals surface area contributed by atoms with Crippen LogP contribution in [-0.2, 0) is 9.53 Å². The van der Waals surface area contributed by atoms with E-state index in [1.165, 1.54) is 0 Å². The average molecular weight is 321 g/mol. The molecule has 1 aliphatic heterocycles. The van der Waals surface area contributed by atoms with Gasteiger partial charge >= 0.3 is 0 Å². The summed E-state index contributed by atoms with van der Waals surface area (Å²) in [7, 11) is 0. The van der Waals surface area contributed by atoms with Crippen LogP contribution >= 0.6 is 15.9 Å². The Bertz CT molecular complexity index is 441. The molecule has 0 radical (unpaired) electrons. The van der Waals surface area contributed by atoms with Crippen LogP contribution in [0.5, 0.6) is 0 Å². The van der Waals surface area contributed by atoms with Crippen LogP contribution in [0.15, 0.2) is 16.6 Å². The number of hydrogen-bond donors (Lipinski definition) is 2. The van der Waals surface area contributed by atoms with Crippen LogP contribution in [0.25, 0.3) is 0 Å². The highest BCUT2D eigenvalue weighted by Gasteiger charge is 2.23. The molecular formula is C11H11BrF2N2O2. The van der Waals surface area contributed by atoms with E-state index in [4.69, 9.17) is 4.74 Å². The number of carbonyl (C=O) groups is 1. The minimum absolute atomic E-state index is 0.0874. The van der Waals surface area contributed by atoms with Gasteiger partial charge in [-0.3, -0.25) is 4.79 Å². The minimum Gasteiger partial charge on any atom is -0.366 e. The minimum atomic E-state index is -0.834. The first-order valence-corrected chi connectivity index (χ1v) is 6.15. The van der Waals surface area contributed by atoms with Crippen molar-refractivity contribution in [1.29, 1.82) is 0 Å². The molecule has 4 nitrogen and oxygen atoms in total. The van der Waals surface area contributed by atoms with Crippen molar-refractivity contribution in [3.8, 4) is 0 Å². The van der Waals surface area contributed by atoms with Crippen LogP contribution in [0.4, 0.5) is 14.5 Å². The second-order valence-electron chi connectivity index (χ2n) is 3.80. The summed E-state index contributed by atoms with van der Waals surface area (Å²) in [6, 6.07) is 1.79. The average Bonchev–Trinajstić information content (AvgIpc) is 2.34. The Kier molecular flexibility index (Phi) is 4.26. The fraction of sp³-hybridized carbons (Fsp3) is 0.364. The Morgan fingerprint density at radius 3 is 2.89 bits per heavy atom. The molecule has 0 saturated carbocycles. The lowest BCUT2D eigenvalue weighted by Gasteiger charge is -2.23. The van der Waals surface area contributed by atoms with Gasteiger partial charge in [-0.15, -0.1) is 0 Å². The number of morpholine rings is 1. The van der Waals surface area contributed by atoms with E-state index in [0.717, 1.165) is 6.07 Å². The second-order valence-corrected chi connectivity index (χ2v) is 4.65. The number of nitrogens with one attached hydrogen (secondary N) is 2. The fourth-order valence-corrected chi connectivity index (χ4v) is 2.11. The Labute approximate surface area is 111 Å². The number of ether oxygens (including phenoxy) is 1. The largest absolute Gasteiger partial charge is 0.366 e. The number of rotatable bonds is 2. The first-order valence-electron chi connectivity index (χ1n) is 5.35. The lowest BCUT2D eigenvalue weighted by Crippen LogP contribution is -2.45. The van der Waals surface area contributed by atoms with Crippen molar-refractivity contribution in [3.63, 3.8) is 0 Å². The lowest BCUT2D eigenvalue weighted by molar-refractivity contribution is -0.128. The van der Waals surface area contributed by atoms with E-state index in [2.05, 4.69) is 26.6 Å². The molecule has 1 unspecified atom stereocenters. The molecule has 98 valence electrons. The molecule has 0 spiro atoms. The first kappa shape index (κ1) is 13.4. The van der Waals surface area contributed by atoms with E-state index in [9.17, 15) is 13.6 Å². The predicted molar refractivity (Wildman–Crippen MR) is 65.3 cm³/mol. The van der Waals surface area contributed by atoms with E-state index in [1.54, 1.807) is 0 Å². The first-order chi connectivity index (χ1) is 8.58. The summed E-state index contributed by atoms with van der Waals surface area (Å²) >= 11 is 3.00. The topological polar surface area (TPSA) is 50.4 Å². The molecule has 1 heterocycles. The summed E-state index contributed by atoms with van der Waals surface area (Å²) in [5.74, 6) is -2.01. The number of anilines is 1. The van der Waals surface area contributed by atoms with Gasteiger partial charge in [0.1, 0.15) is 11.9 Å². The zero-order chi connectivity index (χ0) is 13.1. The monoisotopic (exact) mass is 320 g/mol. The number of carbonyl (C=O) groups excluding carboxylic acids is 1. The van der Waals surface area contributed by atoms with Crippen LogP contribution in [-0.4, -0.2) is 31.7 Å². The summed E-state index contributed by atoms with van der Waals surface area (Å²) in [6.07, 6.45) is -0.671. The molecule has 1 amide bonds. The van der Waals surface area contributed by atoms with Gasteiger partial charge in [-0.25, -0.2) is 8.78 Å². The molecule has 2 N–H and O–H groups in total. The van der Waals surface area contributed by atoms with Gasteiger partial charge in [0.05, 0.1) is 12.3 Å². The number of benzene rings is 1. The molecule has 0 bridgehead atoms. The van der Waals surface area contributed by atoms with Crippen LogP contribution < -0.4 is 10.6 Å². The van der Waals surface area contributed by atoms with E-state index >= 15 is 0 Å². The quantitative estimate of drug-likeness (QED) is 0.871. The SMILES string of the molecule is O=C(Nc1c(F)cc(F)cc1Br)C1CNCCO1. The van der Waals surface area contributed by atoms with Crippen molar-refractivity contribution in [2.24, 2.45) is 0 Å². The molecule has 18 heavy (non-hydrogen) atoms. The molecule has 1 aliphatic rings. The molecule has 1 fully saturated rings. The van der Waals surface area contributed by atoms with Gasteiger partial charge in [0.25, 0.3) is 5.91 Å². The lowest BCUT2D eigenvalue weighted by atomic mass is 10.2. The molecule has 1 atom stereocenters. The van der Waals surface area contributed by atoms with Crippen molar-refractivity contribution in [2.45, 2.75) is 6.10 Å². The van der Waals surface area contributed by atoms with Crippen molar-refractivity contribution in [2.75, 3.05) is 25.0 Å². The standard InChI is InChI=1S/C11H11BrF2N2O2/c12-7-3-6(13)4-8(14)10(7)16-11(17)9-5-15-1-2-18-9/h3-4,9,15H,1-2,5H2,(H,16,17). The van der Waals surface area contributed by atoms with E-state index in [0.29, 0.717) is 25.8 Å². The van der Waals surface area contributed by atoms with Gasteiger partial charge in [-0.1, -0.05) is 0 Å². The highest BCUT2D eigenvalue weighted by molar-refractivity contribution is 9.10. The summed E-state index contributed by atoms with van der Waals surface area (Å²) in [6.45, 7) is 1.47. The second kappa shape index (κ2) is 5.73. The summed E-state index contributed by atoms with van der Waals surface area (Å²) in [4.78, 5) is 11.8. The Balaban J connectivity index is 2.11. The smallest absolute Gasteiger partial charge is 0.254 e. The van der Waals surface area contributed by atoms with Gasteiger partial charge in [-0.05, 0) is 22.0 Å². The van der Waals surface area contributed by atoms with Crippen LogP contribution in [0.2, 0.25) is 0 Å². The van der Waals surface area contributed by atoms with Crippen LogP contribution in [0.3, 0.4) is 0 Å². The maximum Gasteiger partial charge on any atom is 0.254 e. The maximum absolute atomic E-state index is 13.5. The van der Waals surface area contributed by atoms with Crippen molar-refractivity contribution in [3.05, 3.63) is 28.2 Å². The molecule has 1 saturated heterocycles. The maximum atomic E-state index is 13.5. The molecular weight excluding hydrogens is 310 g/mol. The van der Waals surface area contributed by atoms with Gasteiger partial charge < -0.3 is 15.4 Å². The zero-order valence-electron chi connectivity index (χ0n) is 9.30. The van der Waals surface area contributed by atoms with Gasteiger partial charge in [0.2, 0.25) is 0 Å². The van der Waals surface area contributed by atoms with E-state index in [-0.39, 0.29) is 10.2 Å². The third-order valence-corrected chi connectivity index (χ3v) is 3.10. The normalized spacial score (nSPS) is 19.6. The molecule has 1 aromatic rings. The number of halogens is 3. The third kappa shape index (κ3) is 3.04. The summed E-state index contributed by atoms with van der Waals surface area (Å²) in [5, 5.41) is 5.37. The van der Waals surface area contributed by atoms with Gasteiger partial charge in [0.15, 0.2) is 5.82 Å². The van der Waals surface area contributed by atoms with Crippen LogP contribution in [0, 0.1) is 11.6 Å². The van der Waals surface area contributed by atoms with Gasteiger partial charge in [0, 0.05) is 23.6 Å². The van der Waals surface area contributed by atoms with Crippen molar-refractivity contribution >= 4 is 27.5 Å². The Morgan fingerprint density at radius 2 is 2.28 bits per heavy atom. The van der Waals surface area contributed by atoms with Gasteiger partial charge in [-0.2, -0.15) is 0 Å². The highest BCUT2D eigenvalue weighted by Crippen LogP contribution is 2.27. The summed E-state index contributed by atoms with van der Waals surface area (Å²) in [5.41, 5.74) is -0.0874. The van der Waals surface area contributed by atoms with Crippen LogP contribution in [0.1, 0.15) is 0 Å². The number of hydrogen-bond acceptors (Lipinski definition) is 3. The molecule has 7 heteroatoms. The molecule has 1 aromatic carbocycles. The number of amides is 1. The highest BCUT2D eigenvalue weighted by atomic mass is 79.9. The fourth-order valence-electron chi connectivity index (χ4n) is 1.60. The van der Waals surface area contributed by atoms with Crippen molar-refractivity contribution < 1.29 is 18.3 Å². The van der Waals surface area contributed by atoms with E-state index < -0.39 is 23.6 Å².